The summed E-state index contributed by atoms with van der Waals surface area (Å²) < 4.78 is 11.2. The quantitative estimate of drug-likeness (QED) is 0.764. The van der Waals surface area contributed by atoms with Gasteiger partial charge >= 0.3 is 0 Å². The van der Waals surface area contributed by atoms with Crippen LogP contribution in [0.1, 0.15) is 5.56 Å². The van der Waals surface area contributed by atoms with Crippen LogP contribution >= 0.6 is 0 Å². The molecule has 2 aliphatic rings. The lowest BCUT2D eigenvalue weighted by Crippen LogP contribution is -2.47. The van der Waals surface area contributed by atoms with Crippen LogP contribution in [0, 0.1) is 0 Å². The predicted octanol–water partition coefficient (Wildman–Crippen LogP) is 2.79. The molecule has 0 amide bonds. The minimum Gasteiger partial charge on any atom is -0.489 e. The lowest BCUT2D eigenvalue weighted by molar-refractivity contribution is 0.230. The third-order valence-electron chi connectivity index (χ3n) is 4.69. The molecule has 2 aliphatic heterocycles. The fraction of sp³-hybridized carbons (Fsp3) is 0.400. The highest BCUT2D eigenvalue weighted by molar-refractivity contribution is 5.49. The molecule has 2 heterocycles. The predicted molar refractivity (Wildman–Crippen MR) is 95.6 cm³/mol. The van der Waals surface area contributed by atoms with E-state index < -0.39 is 0 Å². The van der Waals surface area contributed by atoms with Gasteiger partial charge in [0, 0.05) is 38.4 Å². The van der Waals surface area contributed by atoms with Gasteiger partial charge in [-0.05, 0) is 29.8 Å². The number of hydrogen-bond acceptors (Lipinski definition) is 4. The molecular weight excluding hydrogens is 300 g/mol. The largest absolute Gasteiger partial charge is 0.489 e. The van der Waals surface area contributed by atoms with E-state index in [1.54, 1.807) is 0 Å². The monoisotopic (exact) mass is 324 g/mol. The van der Waals surface area contributed by atoms with Gasteiger partial charge in [-0.3, -0.25) is 4.90 Å². The van der Waals surface area contributed by atoms with Gasteiger partial charge in [0.25, 0.3) is 0 Å². The van der Waals surface area contributed by atoms with Crippen molar-refractivity contribution in [1.82, 2.24) is 4.90 Å². The fourth-order valence-electron chi connectivity index (χ4n) is 3.14. The summed E-state index contributed by atoms with van der Waals surface area (Å²) in [6.45, 7) is 7.05. The molecular formula is C20H24N2O2. The van der Waals surface area contributed by atoms with Crippen molar-refractivity contribution in [3.8, 4) is 5.75 Å². The highest BCUT2D eigenvalue weighted by atomic mass is 16.6. The van der Waals surface area contributed by atoms with E-state index in [9.17, 15) is 0 Å². The van der Waals surface area contributed by atoms with Crippen molar-refractivity contribution < 1.29 is 9.47 Å². The summed E-state index contributed by atoms with van der Waals surface area (Å²) in [6, 6.07) is 18.7. The van der Waals surface area contributed by atoms with Crippen LogP contribution in [-0.2, 0) is 11.3 Å². The molecule has 126 valence electrons. The van der Waals surface area contributed by atoms with E-state index in [0.29, 0.717) is 12.7 Å². The number of hydrogen-bond donors (Lipinski definition) is 0. The molecule has 0 spiro atoms. The third kappa shape index (κ3) is 4.08. The lowest BCUT2D eigenvalue weighted by atomic mass is 10.2. The topological polar surface area (TPSA) is 28.2 Å². The summed E-state index contributed by atoms with van der Waals surface area (Å²) in [5.74, 6) is 0.923. The second kappa shape index (κ2) is 7.24. The van der Waals surface area contributed by atoms with Gasteiger partial charge in [-0.2, -0.15) is 0 Å². The van der Waals surface area contributed by atoms with Crippen LogP contribution in [0.15, 0.2) is 54.6 Å². The molecule has 1 unspecified atom stereocenters. The Morgan fingerprint density at radius 3 is 2.29 bits per heavy atom. The Balaban J connectivity index is 1.27. The van der Waals surface area contributed by atoms with Crippen LogP contribution in [0.2, 0.25) is 0 Å². The van der Waals surface area contributed by atoms with E-state index in [1.165, 1.54) is 11.3 Å². The maximum Gasteiger partial charge on any atom is 0.119 e. The number of rotatable bonds is 6. The van der Waals surface area contributed by atoms with Crippen LogP contribution in [0.25, 0.3) is 0 Å². The first-order valence-electron chi connectivity index (χ1n) is 8.72. The Morgan fingerprint density at radius 1 is 0.917 bits per heavy atom. The first-order valence-corrected chi connectivity index (χ1v) is 8.72. The molecule has 2 aromatic carbocycles. The molecule has 1 atom stereocenters. The molecule has 0 bridgehead atoms. The summed E-state index contributed by atoms with van der Waals surface area (Å²) >= 11 is 0. The van der Waals surface area contributed by atoms with Crippen molar-refractivity contribution >= 4 is 5.69 Å². The first-order chi connectivity index (χ1) is 11.9. The van der Waals surface area contributed by atoms with Crippen LogP contribution < -0.4 is 9.64 Å². The average Bonchev–Trinajstić information content (AvgIpc) is 3.46. The molecule has 4 heteroatoms. The van der Waals surface area contributed by atoms with E-state index in [2.05, 4.69) is 46.2 Å². The van der Waals surface area contributed by atoms with E-state index in [0.717, 1.165) is 45.1 Å². The van der Waals surface area contributed by atoms with Gasteiger partial charge in [-0.1, -0.05) is 30.3 Å². The number of piperazine rings is 1. The molecule has 24 heavy (non-hydrogen) atoms. The lowest BCUT2D eigenvalue weighted by Gasteiger charge is -2.35. The van der Waals surface area contributed by atoms with E-state index in [1.807, 2.05) is 18.2 Å². The number of ether oxygens (including phenoxy) is 2. The summed E-state index contributed by atoms with van der Waals surface area (Å²) in [5, 5.41) is 0. The highest BCUT2D eigenvalue weighted by Crippen LogP contribution is 2.22. The Hall–Kier alpha value is -2.04. The molecule has 4 rings (SSSR count). The molecule has 0 saturated carbocycles. The zero-order chi connectivity index (χ0) is 16.2. The van der Waals surface area contributed by atoms with E-state index in [4.69, 9.17) is 9.47 Å². The smallest absolute Gasteiger partial charge is 0.119 e. The molecule has 2 saturated heterocycles. The number of benzene rings is 2. The Labute approximate surface area is 143 Å². The maximum absolute atomic E-state index is 5.86. The van der Waals surface area contributed by atoms with Gasteiger partial charge in [-0.25, -0.2) is 0 Å². The summed E-state index contributed by atoms with van der Waals surface area (Å²) in [5.41, 5.74) is 2.47. The highest BCUT2D eigenvalue weighted by Gasteiger charge is 2.27. The average molecular weight is 324 g/mol. The molecule has 0 aliphatic carbocycles. The SMILES string of the molecule is c1ccc(COc2ccc(N3CCN(CC4CO4)CC3)cc2)cc1. The van der Waals surface area contributed by atoms with E-state index in [-0.39, 0.29) is 0 Å². The van der Waals surface area contributed by atoms with Crippen molar-refractivity contribution in [2.75, 3.05) is 44.2 Å². The van der Waals surface area contributed by atoms with Crippen molar-refractivity contribution in [2.45, 2.75) is 12.7 Å². The Kier molecular flexibility index (Phi) is 4.67. The van der Waals surface area contributed by atoms with E-state index >= 15 is 0 Å². The normalized spacial score (nSPS) is 20.8. The van der Waals surface area contributed by atoms with Crippen molar-refractivity contribution in [1.29, 1.82) is 0 Å². The van der Waals surface area contributed by atoms with Gasteiger partial charge in [0.15, 0.2) is 0 Å². The second-order valence-corrected chi connectivity index (χ2v) is 6.51. The molecule has 4 nitrogen and oxygen atoms in total. The summed E-state index contributed by atoms with van der Waals surface area (Å²) in [6.07, 6.45) is 0.498. The van der Waals surface area contributed by atoms with Crippen LogP contribution in [0.3, 0.4) is 0 Å². The minimum atomic E-state index is 0.498. The van der Waals surface area contributed by atoms with Crippen LogP contribution in [-0.4, -0.2) is 50.3 Å². The van der Waals surface area contributed by atoms with Crippen LogP contribution in [0.5, 0.6) is 5.75 Å². The second-order valence-electron chi connectivity index (χ2n) is 6.51. The van der Waals surface area contributed by atoms with Gasteiger partial charge in [0.1, 0.15) is 12.4 Å². The standard InChI is InChI=1S/C20H24N2O2/c1-2-4-17(5-3-1)15-23-19-8-6-18(7-9-19)22-12-10-21(11-13-22)14-20-16-24-20/h1-9,20H,10-16H2. The molecule has 0 aromatic heterocycles. The molecule has 2 fully saturated rings. The van der Waals surface area contributed by atoms with Crippen molar-refractivity contribution in [2.24, 2.45) is 0 Å². The number of anilines is 1. The van der Waals surface area contributed by atoms with Crippen molar-refractivity contribution in [3.05, 3.63) is 60.2 Å². The van der Waals surface area contributed by atoms with Gasteiger partial charge < -0.3 is 14.4 Å². The number of nitrogens with zero attached hydrogens (tertiary/aromatic N) is 2. The third-order valence-corrected chi connectivity index (χ3v) is 4.69. The summed E-state index contributed by atoms with van der Waals surface area (Å²) in [7, 11) is 0. The fourth-order valence-corrected chi connectivity index (χ4v) is 3.14. The summed E-state index contributed by atoms with van der Waals surface area (Å²) in [4.78, 5) is 4.96. The Morgan fingerprint density at radius 2 is 1.62 bits per heavy atom. The molecule has 0 radical (unpaired) electrons. The minimum absolute atomic E-state index is 0.498. The van der Waals surface area contributed by atoms with Crippen molar-refractivity contribution in [3.63, 3.8) is 0 Å². The van der Waals surface area contributed by atoms with Crippen LogP contribution in [0.4, 0.5) is 5.69 Å². The molecule has 2 aromatic rings. The zero-order valence-corrected chi connectivity index (χ0v) is 13.9. The molecule has 0 N–H and O–H groups in total. The Bertz CT molecular complexity index is 632. The maximum atomic E-state index is 5.86. The first kappa shape index (κ1) is 15.5. The zero-order valence-electron chi connectivity index (χ0n) is 13.9. The van der Waals surface area contributed by atoms with Gasteiger partial charge in [0.05, 0.1) is 12.7 Å². The van der Waals surface area contributed by atoms with Gasteiger partial charge in [0.2, 0.25) is 0 Å². The number of epoxide rings is 1. The van der Waals surface area contributed by atoms with Gasteiger partial charge in [-0.15, -0.1) is 0 Å².